The van der Waals surface area contributed by atoms with Gasteiger partial charge in [-0.1, -0.05) is 35.3 Å². The van der Waals surface area contributed by atoms with Gasteiger partial charge in [0.1, 0.15) is 26.5 Å². The van der Waals surface area contributed by atoms with Gasteiger partial charge < -0.3 is 34.5 Å². The Bertz CT molecular complexity index is 955. The highest BCUT2D eigenvalue weighted by Gasteiger charge is 2.31. The standard InChI is InChI=1S/C12H14N2.C11H11Cl2NO2.2ClH/c1-13-7-3-11(4-8-13)12-5-9-14(2)10-6-12;1-7-6-16-9-5-3-2-4-8(9)14(7)11(15)10(12)13;;/h3-10H,1-2H3;2-5,7,10H,6H2,1H3;2*1H/q+2;;;/p-2. The summed E-state index contributed by atoms with van der Waals surface area (Å²) >= 11 is 11.3. The Morgan fingerprint density at radius 1 is 0.938 bits per heavy atom. The number of pyridine rings is 2. The number of para-hydroxylation sites is 2. The molecule has 32 heavy (non-hydrogen) atoms. The number of ether oxygens (including phenoxy) is 1. The number of anilines is 1. The van der Waals surface area contributed by atoms with Gasteiger partial charge in [0.15, 0.2) is 29.6 Å². The van der Waals surface area contributed by atoms with E-state index in [-0.39, 0.29) is 36.8 Å². The molecular formula is C23H25Cl4N3O2. The Kier molecular flexibility index (Phi) is 11.2. The summed E-state index contributed by atoms with van der Waals surface area (Å²) in [6, 6.07) is 15.8. The first-order valence-electron chi connectivity index (χ1n) is 9.61. The molecule has 0 fully saturated rings. The van der Waals surface area contributed by atoms with Crippen molar-refractivity contribution in [1.29, 1.82) is 0 Å². The van der Waals surface area contributed by atoms with E-state index in [1.165, 1.54) is 11.1 Å². The maximum atomic E-state index is 11.9. The van der Waals surface area contributed by atoms with Crippen LogP contribution in [0.1, 0.15) is 6.92 Å². The van der Waals surface area contributed by atoms with Crippen molar-refractivity contribution in [3.63, 3.8) is 0 Å². The van der Waals surface area contributed by atoms with Crippen molar-refractivity contribution in [3.05, 3.63) is 73.3 Å². The molecule has 0 spiro atoms. The summed E-state index contributed by atoms with van der Waals surface area (Å²) in [5, 5.41) is 0. The molecule has 0 N–H and O–H groups in total. The lowest BCUT2D eigenvalue weighted by Gasteiger charge is -2.35. The lowest BCUT2D eigenvalue weighted by molar-refractivity contribution is -0.671. The maximum Gasteiger partial charge on any atom is 0.260 e. The molecule has 3 aromatic rings. The normalized spacial score (nSPS) is 14.1. The van der Waals surface area contributed by atoms with Gasteiger partial charge in [0.25, 0.3) is 5.91 Å². The fourth-order valence-electron chi connectivity index (χ4n) is 3.13. The lowest BCUT2D eigenvalue weighted by Crippen LogP contribution is -3.00. The van der Waals surface area contributed by atoms with E-state index in [0.29, 0.717) is 12.4 Å². The number of fused-ring (bicyclic) bond motifs is 1. The van der Waals surface area contributed by atoms with Crippen LogP contribution in [-0.4, -0.2) is 23.4 Å². The number of rotatable bonds is 2. The second-order valence-corrected chi connectivity index (χ2v) is 8.24. The second-order valence-electron chi connectivity index (χ2n) is 7.14. The van der Waals surface area contributed by atoms with E-state index in [1.54, 1.807) is 4.90 Å². The SMILES string of the molecule is CC1COc2ccccc2N1C(=O)C(Cl)Cl.C[n+]1ccc(-c2cc[n+](C)cc2)cc1.[Cl-].[Cl-]. The minimum atomic E-state index is -1.05. The van der Waals surface area contributed by atoms with Crippen molar-refractivity contribution in [2.24, 2.45) is 14.1 Å². The van der Waals surface area contributed by atoms with Crippen molar-refractivity contribution in [1.82, 2.24) is 0 Å². The van der Waals surface area contributed by atoms with Gasteiger partial charge in [0.2, 0.25) is 0 Å². The zero-order valence-corrected chi connectivity index (χ0v) is 21.0. The Balaban J connectivity index is 0.000000303. The summed E-state index contributed by atoms with van der Waals surface area (Å²) in [6.45, 7) is 2.34. The Hall–Kier alpha value is -2.05. The van der Waals surface area contributed by atoms with Gasteiger partial charge in [-0.25, -0.2) is 9.13 Å². The van der Waals surface area contributed by atoms with Crippen molar-refractivity contribution in [2.75, 3.05) is 11.5 Å². The predicted octanol–water partition coefficient (Wildman–Crippen LogP) is -2.39. The smallest absolute Gasteiger partial charge is 0.260 e. The molecule has 1 aromatic carbocycles. The van der Waals surface area contributed by atoms with Crippen LogP contribution in [-0.2, 0) is 18.9 Å². The van der Waals surface area contributed by atoms with Gasteiger partial charge >= 0.3 is 0 Å². The highest BCUT2D eigenvalue weighted by Crippen LogP contribution is 2.34. The van der Waals surface area contributed by atoms with Crippen molar-refractivity contribution in [2.45, 2.75) is 17.8 Å². The van der Waals surface area contributed by atoms with E-state index < -0.39 is 4.84 Å². The molecule has 2 aromatic heterocycles. The van der Waals surface area contributed by atoms with Gasteiger partial charge in [-0.15, -0.1) is 0 Å². The second kappa shape index (κ2) is 12.9. The predicted molar refractivity (Wildman–Crippen MR) is 119 cm³/mol. The fourth-order valence-corrected chi connectivity index (χ4v) is 3.34. The summed E-state index contributed by atoms with van der Waals surface area (Å²) < 4.78 is 9.58. The number of benzene rings is 1. The van der Waals surface area contributed by atoms with Crippen LogP contribution in [0.15, 0.2) is 73.3 Å². The summed E-state index contributed by atoms with van der Waals surface area (Å²) in [5.74, 6) is 0.370. The van der Waals surface area contributed by atoms with Crippen molar-refractivity contribution < 1.29 is 43.5 Å². The molecule has 1 unspecified atom stereocenters. The zero-order chi connectivity index (χ0) is 21.7. The molecule has 1 atom stereocenters. The van der Waals surface area contributed by atoms with Gasteiger partial charge in [-0.2, -0.15) is 0 Å². The van der Waals surface area contributed by atoms with Crippen LogP contribution in [0.3, 0.4) is 0 Å². The fraction of sp³-hybridized carbons (Fsp3) is 0.261. The Morgan fingerprint density at radius 3 is 1.88 bits per heavy atom. The summed E-state index contributed by atoms with van der Waals surface area (Å²) in [7, 11) is 4.05. The zero-order valence-electron chi connectivity index (χ0n) is 18.0. The molecule has 1 aliphatic heterocycles. The molecule has 5 nitrogen and oxygen atoms in total. The van der Waals surface area contributed by atoms with Crippen LogP contribution in [0.5, 0.6) is 5.75 Å². The third-order valence-electron chi connectivity index (χ3n) is 4.76. The van der Waals surface area contributed by atoms with Crippen molar-refractivity contribution >= 4 is 34.8 Å². The number of hydrogen-bond donors (Lipinski definition) is 0. The first-order chi connectivity index (χ1) is 14.4. The molecule has 1 aliphatic rings. The monoisotopic (exact) mass is 515 g/mol. The van der Waals surface area contributed by atoms with E-state index in [4.69, 9.17) is 27.9 Å². The lowest BCUT2D eigenvalue weighted by atomic mass is 10.1. The molecule has 0 saturated heterocycles. The molecule has 3 heterocycles. The number of alkyl halides is 2. The number of carbonyl (C=O) groups excluding carboxylic acids is 1. The first-order valence-corrected chi connectivity index (χ1v) is 10.5. The molecule has 0 aliphatic carbocycles. The largest absolute Gasteiger partial charge is 1.00 e. The van der Waals surface area contributed by atoms with Crippen LogP contribution >= 0.6 is 23.2 Å². The number of aromatic nitrogens is 2. The van der Waals surface area contributed by atoms with E-state index in [0.717, 1.165) is 5.69 Å². The molecule has 1 amide bonds. The van der Waals surface area contributed by atoms with Crippen LogP contribution in [0.4, 0.5) is 5.69 Å². The van der Waals surface area contributed by atoms with Crippen LogP contribution in [0.2, 0.25) is 0 Å². The quantitative estimate of drug-likeness (QED) is 0.282. The van der Waals surface area contributed by atoms with Crippen LogP contribution < -0.4 is 43.6 Å². The minimum absolute atomic E-state index is 0. The third kappa shape index (κ3) is 6.97. The molecule has 0 saturated carbocycles. The number of halogens is 4. The number of amides is 1. The van der Waals surface area contributed by atoms with Crippen LogP contribution in [0.25, 0.3) is 11.1 Å². The molecule has 4 rings (SSSR count). The Morgan fingerprint density at radius 2 is 1.41 bits per heavy atom. The number of nitrogens with zero attached hydrogens (tertiary/aromatic N) is 3. The van der Waals surface area contributed by atoms with Gasteiger partial charge in [-0.3, -0.25) is 4.79 Å². The van der Waals surface area contributed by atoms with Gasteiger partial charge in [0.05, 0.1) is 11.7 Å². The molecule has 172 valence electrons. The average Bonchev–Trinajstić information content (AvgIpc) is 2.75. The van der Waals surface area contributed by atoms with E-state index in [9.17, 15) is 4.79 Å². The van der Waals surface area contributed by atoms with E-state index in [1.807, 2.05) is 54.4 Å². The highest BCUT2D eigenvalue weighted by molar-refractivity contribution is 6.54. The number of aryl methyl sites for hydroxylation is 2. The highest BCUT2D eigenvalue weighted by atomic mass is 35.5. The number of carbonyl (C=O) groups is 1. The summed E-state index contributed by atoms with van der Waals surface area (Å²) in [4.78, 5) is 12.4. The molecular weight excluding hydrogens is 492 g/mol. The van der Waals surface area contributed by atoms with Gasteiger partial charge in [-0.05, 0) is 30.2 Å². The molecule has 9 heteroatoms. The van der Waals surface area contributed by atoms with Gasteiger partial charge in [0, 0.05) is 24.3 Å². The summed E-state index contributed by atoms with van der Waals surface area (Å²) in [5.41, 5.74) is 3.23. The molecule has 0 radical (unpaired) electrons. The summed E-state index contributed by atoms with van der Waals surface area (Å²) in [6.07, 6.45) is 8.23. The topological polar surface area (TPSA) is 37.3 Å². The number of hydrogen-bond acceptors (Lipinski definition) is 2. The first kappa shape index (κ1) is 28.0. The average molecular weight is 517 g/mol. The van der Waals surface area contributed by atoms with Crippen LogP contribution in [0, 0.1) is 0 Å². The third-order valence-corrected chi connectivity index (χ3v) is 5.13. The maximum absolute atomic E-state index is 11.9. The van der Waals surface area contributed by atoms with E-state index in [2.05, 4.69) is 49.1 Å². The Labute approximate surface area is 211 Å². The van der Waals surface area contributed by atoms with Crippen molar-refractivity contribution in [3.8, 4) is 16.9 Å². The minimum Gasteiger partial charge on any atom is -1.00 e. The molecule has 0 bridgehead atoms. The van der Waals surface area contributed by atoms with E-state index >= 15 is 0 Å².